The molecule has 0 amide bonds. The van der Waals surface area contributed by atoms with Gasteiger partial charge in [-0.05, 0) is 12.8 Å². The molecule has 0 aliphatic carbocycles. The summed E-state index contributed by atoms with van der Waals surface area (Å²) in [5.41, 5.74) is 2.44. The molecule has 0 heterocycles. The lowest BCUT2D eigenvalue weighted by Gasteiger charge is -2.24. The van der Waals surface area contributed by atoms with E-state index >= 15 is 0 Å². The lowest BCUT2D eigenvalue weighted by Crippen LogP contribution is -2.29. The van der Waals surface area contributed by atoms with Crippen molar-refractivity contribution in [1.29, 1.82) is 0 Å². The lowest BCUT2D eigenvalue weighted by atomic mass is 10.1. The van der Waals surface area contributed by atoms with Crippen molar-refractivity contribution in [3.05, 3.63) is 11.8 Å². The molecule has 0 rings (SSSR count). The van der Waals surface area contributed by atoms with E-state index < -0.39 is 8.07 Å². The molecule has 0 aromatic rings. The van der Waals surface area contributed by atoms with E-state index in [-0.39, 0.29) is 12.1 Å². The minimum absolute atomic E-state index is 0.0133. The summed E-state index contributed by atoms with van der Waals surface area (Å²) in [6, 6.07) is 3.83. The van der Waals surface area contributed by atoms with Crippen LogP contribution < -0.4 is 0 Å². The number of esters is 1. The zero-order chi connectivity index (χ0) is 16.1. The first-order valence-corrected chi connectivity index (χ1v) is 11.6. The molecule has 0 aliphatic heterocycles. The van der Waals surface area contributed by atoms with E-state index in [1.807, 2.05) is 0 Å². The summed E-state index contributed by atoms with van der Waals surface area (Å²) < 4.78 is 5.48. The first kappa shape index (κ1) is 20.4. The van der Waals surface area contributed by atoms with Crippen LogP contribution in [0.2, 0.25) is 18.1 Å². The van der Waals surface area contributed by atoms with Gasteiger partial charge in [0, 0.05) is 6.92 Å². The van der Waals surface area contributed by atoms with Crippen molar-refractivity contribution in [1.82, 2.24) is 0 Å². The third-order valence-corrected chi connectivity index (χ3v) is 9.81. The molecule has 0 aliphatic rings. The summed E-state index contributed by atoms with van der Waals surface area (Å²) in [5.74, 6) is -0.157. The molecule has 0 N–H and O–H groups in total. The van der Waals surface area contributed by atoms with E-state index in [9.17, 15) is 4.79 Å². The third-order valence-electron chi connectivity index (χ3n) is 4.69. The van der Waals surface area contributed by atoms with Crippen LogP contribution in [0.15, 0.2) is 11.8 Å². The Morgan fingerprint density at radius 3 is 2.05 bits per heavy atom. The highest BCUT2D eigenvalue weighted by Crippen LogP contribution is 2.22. The van der Waals surface area contributed by atoms with E-state index in [0.717, 1.165) is 12.8 Å². The van der Waals surface area contributed by atoms with Crippen LogP contribution in [-0.4, -0.2) is 20.1 Å². The molecule has 21 heavy (non-hydrogen) atoms. The SMILES string of the molecule is CCCCCCCC(/C=C/[Si](CC)(CC)CC)OC(C)=O. The minimum atomic E-state index is -1.26. The summed E-state index contributed by atoms with van der Waals surface area (Å²) in [4.78, 5) is 11.3. The van der Waals surface area contributed by atoms with Crippen molar-refractivity contribution in [2.75, 3.05) is 0 Å². The average molecular weight is 313 g/mol. The van der Waals surface area contributed by atoms with Crippen LogP contribution in [-0.2, 0) is 9.53 Å². The highest BCUT2D eigenvalue weighted by Gasteiger charge is 2.23. The Hall–Kier alpha value is -0.573. The molecule has 1 atom stereocenters. The predicted molar refractivity (Wildman–Crippen MR) is 95.3 cm³/mol. The van der Waals surface area contributed by atoms with Gasteiger partial charge in [0.15, 0.2) is 0 Å². The number of carbonyl (C=O) groups excluding carboxylic acids is 1. The third kappa shape index (κ3) is 9.13. The standard InChI is InChI=1S/C18H36O2Si/c1-6-10-11-12-13-14-18(20-17(5)19)15-16-21(7-2,8-3)9-4/h15-16,18H,6-14H2,1-5H3/b16-15+. The molecule has 0 bridgehead atoms. The zero-order valence-corrected chi connectivity index (χ0v) is 15.9. The fraction of sp³-hybridized carbons (Fsp3) is 0.833. The number of ether oxygens (including phenoxy) is 1. The number of hydrogen-bond donors (Lipinski definition) is 0. The Morgan fingerprint density at radius 1 is 1.00 bits per heavy atom. The van der Waals surface area contributed by atoms with Gasteiger partial charge in [0.1, 0.15) is 6.10 Å². The molecule has 0 radical (unpaired) electrons. The minimum Gasteiger partial charge on any atom is -0.458 e. The van der Waals surface area contributed by atoms with Gasteiger partial charge < -0.3 is 4.74 Å². The van der Waals surface area contributed by atoms with Crippen molar-refractivity contribution in [3.63, 3.8) is 0 Å². The number of carbonyl (C=O) groups is 1. The van der Waals surface area contributed by atoms with Crippen LogP contribution in [0, 0.1) is 0 Å². The Kier molecular flexibility index (Phi) is 11.7. The van der Waals surface area contributed by atoms with E-state index in [4.69, 9.17) is 4.74 Å². The van der Waals surface area contributed by atoms with Gasteiger partial charge in [-0.25, -0.2) is 0 Å². The van der Waals surface area contributed by atoms with Gasteiger partial charge in [-0.3, -0.25) is 4.79 Å². The maximum absolute atomic E-state index is 11.3. The lowest BCUT2D eigenvalue weighted by molar-refractivity contribution is -0.144. The maximum atomic E-state index is 11.3. The molecule has 124 valence electrons. The summed E-state index contributed by atoms with van der Waals surface area (Å²) in [6.45, 7) is 10.6. The summed E-state index contributed by atoms with van der Waals surface area (Å²) >= 11 is 0. The van der Waals surface area contributed by atoms with Crippen molar-refractivity contribution >= 4 is 14.0 Å². The van der Waals surface area contributed by atoms with Crippen molar-refractivity contribution in [3.8, 4) is 0 Å². The normalized spacial score (nSPS) is 13.6. The first-order valence-electron chi connectivity index (χ1n) is 8.90. The van der Waals surface area contributed by atoms with Gasteiger partial charge in [0.25, 0.3) is 0 Å². The van der Waals surface area contributed by atoms with Gasteiger partial charge in [0.05, 0.1) is 8.07 Å². The molecule has 0 saturated heterocycles. The molecule has 2 nitrogen and oxygen atoms in total. The quantitative estimate of drug-likeness (QED) is 0.255. The molecule has 0 saturated carbocycles. The van der Waals surface area contributed by atoms with Crippen LogP contribution in [0.1, 0.15) is 73.1 Å². The Bertz CT molecular complexity index is 287. The smallest absolute Gasteiger partial charge is 0.303 e. The monoisotopic (exact) mass is 312 g/mol. The van der Waals surface area contributed by atoms with Crippen molar-refractivity contribution < 1.29 is 9.53 Å². The Morgan fingerprint density at radius 2 is 1.57 bits per heavy atom. The fourth-order valence-corrected chi connectivity index (χ4v) is 5.60. The number of rotatable bonds is 12. The van der Waals surface area contributed by atoms with Gasteiger partial charge >= 0.3 is 5.97 Å². The predicted octanol–water partition coefficient (Wildman–Crippen LogP) is 5.88. The van der Waals surface area contributed by atoms with Gasteiger partial charge in [0.2, 0.25) is 0 Å². The van der Waals surface area contributed by atoms with E-state index in [1.165, 1.54) is 50.7 Å². The van der Waals surface area contributed by atoms with E-state index in [1.54, 1.807) is 0 Å². The largest absolute Gasteiger partial charge is 0.458 e. The summed E-state index contributed by atoms with van der Waals surface area (Å²) in [6.07, 6.45) is 9.44. The van der Waals surface area contributed by atoms with Crippen molar-refractivity contribution in [2.45, 2.75) is 97.4 Å². The second-order valence-corrected chi connectivity index (χ2v) is 11.3. The number of unbranched alkanes of at least 4 members (excludes halogenated alkanes) is 4. The Balaban J connectivity index is 4.49. The van der Waals surface area contributed by atoms with Crippen LogP contribution in [0.5, 0.6) is 0 Å². The van der Waals surface area contributed by atoms with Crippen LogP contribution in [0.3, 0.4) is 0 Å². The van der Waals surface area contributed by atoms with Crippen LogP contribution >= 0.6 is 0 Å². The van der Waals surface area contributed by atoms with Gasteiger partial charge in [-0.2, -0.15) is 0 Å². The molecular weight excluding hydrogens is 276 g/mol. The summed E-state index contributed by atoms with van der Waals surface area (Å²) in [7, 11) is -1.26. The molecule has 0 aromatic carbocycles. The second kappa shape index (κ2) is 12.0. The van der Waals surface area contributed by atoms with Crippen molar-refractivity contribution in [2.24, 2.45) is 0 Å². The summed E-state index contributed by atoms with van der Waals surface area (Å²) in [5, 5.41) is 0. The number of hydrogen-bond acceptors (Lipinski definition) is 2. The van der Waals surface area contributed by atoms with Gasteiger partial charge in [-0.1, -0.05) is 83.3 Å². The topological polar surface area (TPSA) is 26.3 Å². The van der Waals surface area contributed by atoms with Crippen LogP contribution in [0.25, 0.3) is 0 Å². The van der Waals surface area contributed by atoms with E-state index in [2.05, 4.69) is 39.5 Å². The molecular formula is C18H36O2Si. The molecule has 3 heteroatoms. The fourth-order valence-electron chi connectivity index (χ4n) is 2.77. The Labute approximate surface area is 133 Å². The molecule has 0 aromatic heterocycles. The maximum Gasteiger partial charge on any atom is 0.303 e. The second-order valence-electron chi connectivity index (χ2n) is 6.13. The average Bonchev–Trinajstić information content (AvgIpc) is 2.48. The molecule has 0 spiro atoms. The zero-order valence-electron chi connectivity index (χ0n) is 14.9. The van der Waals surface area contributed by atoms with Gasteiger partial charge in [-0.15, -0.1) is 0 Å². The van der Waals surface area contributed by atoms with Crippen LogP contribution in [0.4, 0.5) is 0 Å². The highest BCUT2D eigenvalue weighted by atomic mass is 28.3. The van der Waals surface area contributed by atoms with E-state index in [0.29, 0.717) is 0 Å². The highest BCUT2D eigenvalue weighted by molar-refractivity contribution is 6.84. The molecule has 0 fully saturated rings. The molecule has 1 unspecified atom stereocenters. The first-order chi connectivity index (χ1) is 10.0.